The largest absolute Gasteiger partial charge is 0.366 e. The molecule has 17 heavy (non-hydrogen) atoms. The Morgan fingerprint density at radius 2 is 2.35 bits per heavy atom. The fourth-order valence-electron chi connectivity index (χ4n) is 2.10. The van der Waals surface area contributed by atoms with Gasteiger partial charge in [0, 0.05) is 11.3 Å². The Morgan fingerprint density at radius 3 is 3.12 bits per heavy atom. The van der Waals surface area contributed by atoms with Crippen molar-refractivity contribution in [3.8, 4) is 0 Å². The Bertz CT molecular complexity index is 391. The second-order valence-corrected chi connectivity index (χ2v) is 6.79. The van der Waals surface area contributed by atoms with Crippen LogP contribution in [0.15, 0.2) is 10.8 Å². The van der Waals surface area contributed by atoms with E-state index in [0.717, 1.165) is 15.5 Å². The highest BCUT2D eigenvalue weighted by molar-refractivity contribution is 9.10. The van der Waals surface area contributed by atoms with Gasteiger partial charge in [-0.1, -0.05) is 18.5 Å². The van der Waals surface area contributed by atoms with Crippen LogP contribution in [0.5, 0.6) is 0 Å². The first-order valence-corrected chi connectivity index (χ1v) is 7.96. The van der Waals surface area contributed by atoms with Gasteiger partial charge in [-0.25, -0.2) is 9.97 Å². The summed E-state index contributed by atoms with van der Waals surface area (Å²) < 4.78 is 0.758. The minimum absolute atomic E-state index is 0.458. The van der Waals surface area contributed by atoms with Gasteiger partial charge >= 0.3 is 0 Å². The molecule has 2 unspecified atom stereocenters. The Labute approximate surface area is 119 Å². The molecule has 94 valence electrons. The van der Waals surface area contributed by atoms with Crippen molar-refractivity contribution in [1.29, 1.82) is 0 Å². The topological polar surface area (TPSA) is 37.8 Å². The Kier molecular flexibility index (Phi) is 4.94. The minimum atomic E-state index is 0.458. The van der Waals surface area contributed by atoms with Gasteiger partial charge in [-0.15, -0.1) is 0 Å². The predicted octanol–water partition coefficient (Wildman–Crippen LogP) is 3.98. The molecule has 1 aromatic heterocycles. The van der Waals surface area contributed by atoms with Gasteiger partial charge in [-0.3, -0.25) is 0 Å². The zero-order valence-corrected chi connectivity index (χ0v) is 12.8. The molecule has 3 nitrogen and oxygen atoms in total. The number of rotatable bonds is 4. The third kappa shape index (κ3) is 3.48. The summed E-state index contributed by atoms with van der Waals surface area (Å²) in [6.07, 6.45) is 5.17. The summed E-state index contributed by atoms with van der Waals surface area (Å²) in [5, 5.41) is 4.69. The van der Waals surface area contributed by atoms with E-state index < -0.39 is 0 Å². The number of halogens is 2. The van der Waals surface area contributed by atoms with E-state index in [4.69, 9.17) is 11.6 Å². The van der Waals surface area contributed by atoms with Crippen LogP contribution in [0.4, 0.5) is 5.82 Å². The molecule has 1 heterocycles. The summed E-state index contributed by atoms with van der Waals surface area (Å²) in [6, 6.07) is 0.501. The molecule has 1 aliphatic rings. The van der Waals surface area contributed by atoms with Gasteiger partial charge in [0.15, 0.2) is 0 Å². The fraction of sp³-hybridized carbons (Fsp3) is 0.636. The normalized spacial score (nSPS) is 23.9. The lowest BCUT2D eigenvalue weighted by atomic mass is 10.2. The maximum Gasteiger partial charge on any atom is 0.148 e. The molecule has 1 N–H and O–H groups in total. The molecule has 1 saturated carbocycles. The van der Waals surface area contributed by atoms with Crippen LogP contribution >= 0.6 is 39.3 Å². The van der Waals surface area contributed by atoms with Crippen molar-refractivity contribution in [1.82, 2.24) is 9.97 Å². The molecule has 1 fully saturated rings. The number of thioether (sulfide) groups is 1. The van der Waals surface area contributed by atoms with Gasteiger partial charge in [0.25, 0.3) is 0 Å². The zero-order chi connectivity index (χ0) is 12.3. The molecule has 2 rings (SSSR count). The third-order valence-electron chi connectivity index (χ3n) is 2.87. The molecule has 6 heteroatoms. The van der Waals surface area contributed by atoms with E-state index in [1.54, 1.807) is 0 Å². The van der Waals surface area contributed by atoms with Crippen molar-refractivity contribution in [2.75, 3.05) is 11.1 Å². The average molecular weight is 337 g/mol. The number of hydrogen-bond acceptors (Lipinski definition) is 4. The lowest BCUT2D eigenvalue weighted by molar-refractivity contribution is 0.750. The summed E-state index contributed by atoms with van der Waals surface area (Å²) in [7, 11) is 0. The molecule has 0 bridgehead atoms. The maximum absolute atomic E-state index is 5.94. The van der Waals surface area contributed by atoms with Crippen LogP contribution in [0.2, 0.25) is 5.15 Å². The number of aromatic nitrogens is 2. The first-order chi connectivity index (χ1) is 8.20. The van der Waals surface area contributed by atoms with Crippen LogP contribution in [-0.2, 0) is 0 Å². The van der Waals surface area contributed by atoms with Crippen molar-refractivity contribution < 1.29 is 0 Å². The Morgan fingerprint density at radius 1 is 1.53 bits per heavy atom. The number of nitrogens with zero attached hydrogens (tertiary/aromatic N) is 2. The van der Waals surface area contributed by atoms with Gasteiger partial charge in [0.05, 0.1) is 4.47 Å². The van der Waals surface area contributed by atoms with E-state index in [1.807, 2.05) is 0 Å². The Balaban J connectivity index is 1.96. The van der Waals surface area contributed by atoms with E-state index in [1.165, 1.54) is 31.3 Å². The average Bonchev–Trinajstić information content (AvgIpc) is 2.73. The first-order valence-electron chi connectivity index (χ1n) is 5.74. The highest BCUT2D eigenvalue weighted by atomic mass is 79.9. The third-order valence-corrected chi connectivity index (χ3v) is 5.37. The molecule has 1 aromatic rings. The molecule has 0 saturated heterocycles. The summed E-state index contributed by atoms with van der Waals surface area (Å²) in [6.45, 7) is 2.21. The molecular weight excluding hydrogens is 322 g/mol. The van der Waals surface area contributed by atoms with Gasteiger partial charge in [0.2, 0.25) is 0 Å². The highest BCUT2D eigenvalue weighted by Crippen LogP contribution is 2.33. The van der Waals surface area contributed by atoms with Gasteiger partial charge in [0.1, 0.15) is 17.3 Å². The zero-order valence-electron chi connectivity index (χ0n) is 9.62. The van der Waals surface area contributed by atoms with Crippen molar-refractivity contribution in [2.45, 2.75) is 37.5 Å². The van der Waals surface area contributed by atoms with Crippen LogP contribution in [-0.4, -0.2) is 27.0 Å². The predicted molar refractivity (Wildman–Crippen MR) is 77.9 cm³/mol. The molecule has 0 amide bonds. The maximum atomic E-state index is 5.94. The second-order valence-electron chi connectivity index (χ2n) is 4.06. The first kappa shape index (κ1) is 13.4. The Hall–Kier alpha value is -0.0000000000000000555. The van der Waals surface area contributed by atoms with E-state index in [0.29, 0.717) is 11.2 Å². The highest BCUT2D eigenvalue weighted by Gasteiger charge is 2.25. The van der Waals surface area contributed by atoms with Crippen molar-refractivity contribution in [3.05, 3.63) is 16.0 Å². The van der Waals surface area contributed by atoms with Crippen LogP contribution in [0, 0.1) is 0 Å². The minimum Gasteiger partial charge on any atom is -0.366 e. The quantitative estimate of drug-likeness (QED) is 0.844. The monoisotopic (exact) mass is 335 g/mol. The summed E-state index contributed by atoms with van der Waals surface area (Å²) in [5.74, 6) is 2.00. The molecular formula is C11H15BrClN3S. The van der Waals surface area contributed by atoms with E-state index in [2.05, 4.69) is 49.9 Å². The van der Waals surface area contributed by atoms with Crippen molar-refractivity contribution >= 4 is 45.1 Å². The van der Waals surface area contributed by atoms with Crippen LogP contribution in [0.25, 0.3) is 0 Å². The summed E-state index contributed by atoms with van der Waals surface area (Å²) in [4.78, 5) is 8.13. The standard InChI is InChI=1S/C11H15BrClN3S/c1-2-17-8-4-3-7(5-8)16-11-9(12)10(13)14-6-15-11/h6-8H,2-5H2,1H3,(H,14,15,16). The van der Waals surface area contributed by atoms with Crippen LogP contribution < -0.4 is 5.32 Å². The van der Waals surface area contributed by atoms with E-state index in [9.17, 15) is 0 Å². The fourth-order valence-corrected chi connectivity index (χ4v) is 3.70. The molecule has 2 atom stereocenters. The summed E-state index contributed by atoms with van der Waals surface area (Å²) >= 11 is 11.4. The smallest absolute Gasteiger partial charge is 0.148 e. The molecule has 0 aromatic carbocycles. The molecule has 0 radical (unpaired) electrons. The summed E-state index contributed by atoms with van der Waals surface area (Å²) in [5.41, 5.74) is 0. The molecule has 1 aliphatic carbocycles. The van der Waals surface area contributed by atoms with Crippen LogP contribution in [0.3, 0.4) is 0 Å². The van der Waals surface area contributed by atoms with Crippen molar-refractivity contribution in [2.24, 2.45) is 0 Å². The SMILES string of the molecule is CCSC1CCC(Nc2ncnc(Cl)c2Br)C1. The number of nitrogens with one attached hydrogen (secondary N) is 1. The van der Waals surface area contributed by atoms with Gasteiger partial charge < -0.3 is 5.32 Å². The molecule has 0 aliphatic heterocycles. The van der Waals surface area contributed by atoms with Crippen molar-refractivity contribution in [3.63, 3.8) is 0 Å². The lowest BCUT2D eigenvalue weighted by Crippen LogP contribution is -2.17. The van der Waals surface area contributed by atoms with Gasteiger partial charge in [-0.2, -0.15) is 11.8 Å². The number of hydrogen-bond donors (Lipinski definition) is 1. The lowest BCUT2D eigenvalue weighted by Gasteiger charge is -2.14. The number of anilines is 1. The second kappa shape index (κ2) is 6.25. The van der Waals surface area contributed by atoms with Gasteiger partial charge in [-0.05, 0) is 40.9 Å². The van der Waals surface area contributed by atoms with E-state index >= 15 is 0 Å². The van der Waals surface area contributed by atoms with Crippen LogP contribution in [0.1, 0.15) is 26.2 Å². The molecule has 0 spiro atoms. The van der Waals surface area contributed by atoms with E-state index in [-0.39, 0.29) is 0 Å².